The van der Waals surface area contributed by atoms with E-state index in [1.165, 1.54) is 23.1 Å². The van der Waals surface area contributed by atoms with Gasteiger partial charge in [0.1, 0.15) is 11.6 Å². The Morgan fingerprint density at radius 2 is 1.90 bits per heavy atom. The molecule has 21 heavy (non-hydrogen) atoms. The molecule has 0 spiro atoms. The van der Waals surface area contributed by atoms with Crippen LogP contribution in [0, 0.1) is 5.82 Å². The number of carbonyl (C=O) groups is 1. The number of amides is 1. The fourth-order valence-corrected chi connectivity index (χ4v) is 1.95. The second kappa shape index (κ2) is 6.23. The van der Waals surface area contributed by atoms with Crippen molar-refractivity contribution in [3.05, 3.63) is 53.8 Å². The summed E-state index contributed by atoms with van der Waals surface area (Å²) >= 11 is 0. The molecule has 0 aliphatic rings. The van der Waals surface area contributed by atoms with Crippen LogP contribution >= 0.6 is 0 Å². The molecule has 0 aliphatic heterocycles. The quantitative estimate of drug-likeness (QED) is 0.670. The first-order valence-corrected chi connectivity index (χ1v) is 6.25. The summed E-state index contributed by atoms with van der Waals surface area (Å²) in [4.78, 5) is 13.9. The molecule has 3 N–H and O–H groups in total. The number of benzene rings is 2. The van der Waals surface area contributed by atoms with Crippen molar-refractivity contribution in [1.82, 2.24) is 0 Å². The molecule has 0 radical (unpaired) electrons. The van der Waals surface area contributed by atoms with Gasteiger partial charge in [-0.1, -0.05) is 6.07 Å². The molecule has 0 bridgehead atoms. The van der Waals surface area contributed by atoms with Crippen molar-refractivity contribution >= 4 is 17.3 Å². The zero-order valence-electron chi connectivity index (χ0n) is 11.8. The molecular formula is C15H16FN3O2. The Balaban J connectivity index is 2.32. The maximum Gasteiger partial charge on any atom is 0.260 e. The summed E-state index contributed by atoms with van der Waals surface area (Å²) in [5, 5.41) is 0. The predicted molar refractivity (Wildman–Crippen MR) is 79.9 cm³/mol. The lowest BCUT2D eigenvalue weighted by molar-refractivity contribution is 0.0993. The number of hydrogen-bond acceptors (Lipinski definition) is 4. The van der Waals surface area contributed by atoms with Crippen LogP contribution in [0.4, 0.5) is 15.8 Å². The van der Waals surface area contributed by atoms with Gasteiger partial charge in [-0.05, 0) is 36.4 Å². The van der Waals surface area contributed by atoms with Gasteiger partial charge >= 0.3 is 0 Å². The molecule has 5 nitrogen and oxygen atoms in total. The van der Waals surface area contributed by atoms with E-state index in [1.807, 2.05) is 0 Å². The molecule has 0 saturated heterocycles. The number of nitrogen functional groups attached to an aromatic ring is 1. The molecule has 0 unspecified atom stereocenters. The summed E-state index contributed by atoms with van der Waals surface area (Å²) in [5.41, 5.74) is 3.02. The third-order valence-electron chi connectivity index (χ3n) is 3.15. The van der Waals surface area contributed by atoms with Crippen LogP contribution in [0.25, 0.3) is 0 Å². The van der Waals surface area contributed by atoms with Gasteiger partial charge in [0.2, 0.25) is 0 Å². The van der Waals surface area contributed by atoms with Crippen molar-refractivity contribution in [2.75, 3.05) is 24.5 Å². The Morgan fingerprint density at radius 1 is 1.24 bits per heavy atom. The highest BCUT2D eigenvalue weighted by molar-refractivity contribution is 6.09. The number of methoxy groups -OCH3 is 1. The van der Waals surface area contributed by atoms with Crippen molar-refractivity contribution < 1.29 is 13.9 Å². The van der Waals surface area contributed by atoms with Crippen molar-refractivity contribution in [3.63, 3.8) is 0 Å². The molecule has 0 aromatic heterocycles. The van der Waals surface area contributed by atoms with Gasteiger partial charge in [0, 0.05) is 12.7 Å². The molecule has 110 valence electrons. The van der Waals surface area contributed by atoms with Crippen molar-refractivity contribution in [2.24, 2.45) is 5.84 Å². The van der Waals surface area contributed by atoms with E-state index in [0.717, 1.165) is 0 Å². The average Bonchev–Trinajstić information content (AvgIpc) is 2.53. The van der Waals surface area contributed by atoms with Crippen LogP contribution in [0.3, 0.4) is 0 Å². The molecule has 0 atom stereocenters. The number of anilines is 2. The highest BCUT2D eigenvalue weighted by Crippen LogP contribution is 2.24. The highest BCUT2D eigenvalue weighted by Gasteiger charge is 2.19. The number of halogens is 1. The second-order valence-corrected chi connectivity index (χ2v) is 4.37. The topological polar surface area (TPSA) is 67.6 Å². The summed E-state index contributed by atoms with van der Waals surface area (Å²) in [6, 6.07) is 11.2. The predicted octanol–water partition coefficient (Wildman–Crippen LogP) is 2.40. The Hall–Kier alpha value is -2.60. The summed E-state index contributed by atoms with van der Waals surface area (Å²) in [6.45, 7) is 0. The first-order chi connectivity index (χ1) is 10.1. The zero-order chi connectivity index (χ0) is 15.4. The normalized spacial score (nSPS) is 10.1. The van der Waals surface area contributed by atoms with E-state index in [2.05, 4.69) is 5.43 Å². The van der Waals surface area contributed by atoms with Crippen LogP contribution in [0.2, 0.25) is 0 Å². The molecule has 2 aromatic carbocycles. The van der Waals surface area contributed by atoms with Gasteiger partial charge < -0.3 is 15.1 Å². The third-order valence-corrected chi connectivity index (χ3v) is 3.15. The standard InChI is InChI=1S/C15H16FN3O2/c1-19(10-6-8-11(21-2)9-7-10)15(20)12-4-3-5-13(16)14(12)18-17/h3-9,18H,17H2,1-2H3. The Kier molecular flexibility index (Phi) is 4.39. The molecule has 0 saturated carbocycles. The zero-order valence-corrected chi connectivity index (χ0v) is 11.8. The Morgan fingerprint density at radius 3 is 2.48 bits per heavy atom. The SMILES string of the molecule is COc1ccc(N(C)C(=O)c2cccc(F)c2NN)cc1. The molecule has 6 heteroatoms. The molecule has 2 rings (SSSR count). The molecule has 2 aromatic rings. The van der Waals surface area contributed by atoms with Crippen LogP contribution in [0.1, 0.15) is 10.4 Å². The van der Waals surface area contributed by atoms with Gasteiger partial charge in [-0.25, -0.2) is 4.39 Å². The molecule has 1 amide bonds. The van der Waals surface area contributed by atoms with E-state index in [1.54, 1.807) is 38.4 Å². The number of nitrogens with zero attached hydrogens (tertiary/aromatic N) is 1. The van der Waals surface area contributed by atoms with Crippen molar-refractivity contribution in [2.45, 2.75) is 0 Å². The van der Waals surface area contributed by atoms with Crippen LogP contribution in [0.5, 0.6) is 5.75 Å². The van der Waals surface area contributed by atoms with Gasteiger partial charge in [0.05, 0.1) is 18.4 Å². The van der Waals surface area contributed by atoms with E-state index in [9.17, 15) is 9.18 Å². The number of carbonyl (C=O) groups excluding carboxylic acids is 1. The lowest BCUT2D eigenvalue weighted by Crippen LogP contribution is -2.28. The minimum atomic E-state index is -0.577. The lowest BCUT2D eigenvalue weighted by atomic mass is 10.1. The monoisotopic (exact) mass is 289 g/mol. The first-order valence-electron chi connectivity index (χ1n) is 6.25. The number of nitrogens with one attached hydrogen (secondary N) is 1. The van der Waals surface area contributed by atoms with Gasteiger partial charge in [-0.15, -0.1) is 0 Å². The summed E-state index contributed by atoms with van der Waals surface area (Å²) in [6.07, 6.45) is 0. The van der Waals surface area contributed by atoms with Crippen LogP contribution in [-0.4, -0.2) is 20.1 Å². The largest absolute Gasteiger partial charge is 0.497 e. The molecule has 0 aliphatic carbocycles. The number of nitrogens with two attached hydrogens (primary N) is 1. The van der Waals surface area contributed by atoms with E-state index in [-0.39, 0.29) is 17.2 Å². The smallest absolute Gasteiger partial charge is 0.260 e. The number of rotatable bonds is 4. The lowest BCUT2D eigenvalue weighted by Gasteiger charge is -2.19. The van der Waals surface area contributed by atoms with Crippen LogP contribution in [0.15, 0.2) is 42.5 Å². The number of para-hydroxylation sites is 1. The summed E-state index contributed by atoms with van der Waals surface area (Å²) in [5.74, 6) is 5.03. The minimum absolute atomic E-state index is 0.0251. The minimum Gasteiger partial charge on any atom is -0.497 e. The third kappa shape index (κ3) is 2.95. The van der Waals surface area contributed by atoms with Gasteiger partial charge in [0.15, 0.2) is 0 Å². The maximum atomic E-state index is 13.6. The van der Waals surface area contributed by atoms with E-state index >= 15 is 0 Å². The maximum absolute atomic E-state index is 13.6. The molecule has 0 heterocycles. The van der Waals surface area contributed by atoms with Crippen molar-refractivity contribution in [3.8, 4) is 5.75 Å². The summed E-state index contributed by atoms with van der Waals surface area (Å²) < 4.78 is 18.7. The number of hydrazine groups is 1. The van der Waals surface area contributed by atoms with E-state index in [4.69, 9.17) is 10.6 Å². The van der Waals surface area contributed by atoms with Gasteiger partial charge in [-0.2, -0.15) is 0 Å². The fraction of sp³-hybridized carbons (Fsp3) is 0.133. The van der Waals surface area contributed by atoms with Crippen LogP contribution < -0.4 is 20.9 Å². The van der Waals surface area contributed by atoms with Crippen LogP contribution in [-0.2, 0) is 0 Å². The van der Waals surface area contributed by atoms with E-state index in [0.29, 0.717) is 11.4 Å². The molecular weight excluding hydrogens is 273 g/mol. The average molecular weight is 289 g/mol. The number of ether oxygens (including phenoxy) is 1. The highest BCUT2D eigenvalue weighted by atomic mass is 19.1. The van der Waals surface area contributed by atoms with Gasteiger partial charge in [0.25, 0.3) is 5.91 Å². The van der Waals surface area contributed by atoms with E-state index < -0.39 is 5.82 Å². The Labute approximate surface area is 122 Å². The number of hydrogen-bond donors (Lipinski definition) is 2. The molecule has 0 fully saturated rings. The van der Waals surface area contributed by atoms with Crippen molar-refractivity contribution in [1.29, 1.82) is 0 Å². The fourth-order valence-electron chi connectivity index (χ4n) is 1.95. The second-order valence-electron chi connectivity index (χ2n) is 4.37. The Bertz CT molecular complexity index is 644. The first kappa shape index (κ1) is 14.8. The van der Waals surface area contributed by atoms with Gasteiger partial charge in [-0.3, -0.25) is 10.6 Å². The summed E-state index contributed by atoms with van der Waals surface area (Å²) in [7, 11) is 3.17.